The van der Waals surface area contributed by atoms with Gasteiger partial charge in [-0.2, -0.15) is 0 Å². The smallest absolute Gasteiger partial charge is 0.313 e. The van der Waals surface area contributed by atoms with E-state index in [1.54, 1.807) is 17.1 Å². The molecule has 46 heavy (non-hydrogen) atoms. The van der Waals surface area contributed by atoms with E-state index in [9.17, 15) is 24.3 Å². The number of β-amino-alcohol motifs (C(OH)–C–C–N with tert-alkyl or cyclic N) is 1. The summed E-state index contributed by atoms with van der Waals surface area (Å²) in [5.74, 6) is -3.33. The molecule has 252 valence electrons. The Morgan fingerprint density at radius 1 is 1.17 bits per heavy atom. The number of carbonyl (C=O) groups is 4. The van der Waals surface area contributed by atoms with Crippen molar-refractivity contribution in [2.24, 2.45) is 17.3 Å². The number of nitrogens with zero attached hydrogens (tertiary/aromatic N) is 2. The van der Waals surface area contributed by atoms with Gasteiger partial charge in [0.25, 0.3) is 0 Å². The number of aliphatic hydroxyl groups is 1. The third-order valence-electron chi connectivity index (χ3n) is 9.41. The predicted octanol–water partition coefficient (Wildman–Crippen LogP) is 3.95. The molecule has 1 aromatic carbocycles. The van der Waals surface area contributed by atoms with Crippen molar-refractivity contribution in [3.05, 3.63) is 61.2 Å². The van der Waals surface area contributed by atoms with Gasteiger partial charge in [-0.05, 0) is 50.5 Å². The summed E-state index contributed by atoms with van der Waals surface area (Å²) < 4.78 is 12.7. The fourth-order valence-electron chi connectivity index (χ4n) is 8.00. The van der Waals surface area contributed by atoms with Gasteiger partial charge in [0.1, 0.15) is 17.7 Å². The van der Waals surface area contributed by atoms with Crippen molar-refractivity contribution in [2.45, 2.75) is 96.1 Å². The van der Waals surface area contributed by atoms with Gasteiger partial charge in [0.15, 0.2) is 0 Å². The maximum absolute atomic E-state index is 14.6. The molecule has 0 radical (unpaired) electrons. The quantitative estimate of drug-likeness (QED) is 0.220. The fraction of sp³-hybridized carbons (Fsp3) is 0.611. The molecule has 4 rings (SSSR count). The maximum atomic E-state index is 14.6. The zero-order valence-electron chi connectivity index (χ0n) is 28.0. The van der Waals surface area contributed by atoms with Crippen LogP contribution in [0.25, 0.3) is 0 Å². The van der Waals surface area contributed by atoms with Crippen molar-refractivity contribution in [1.82, 2.24) is 15.1 Å². The van der Waals surface area contributed by atoms with Crippen LogP contribution in [0.5, 0.6) is 0 Å². The third-order valence-corrected chi connectivity index (χ3v) is 9.41. The van der Waals surface area contributed by atoms with Gasteiger partial charge in [0, 0.05) is 25.0 Å². The van der Waals surface area contributed by atoms with Crippen LogP contribution in [0.15, 0.2) is 55.6 Å². The van der Waals surface area contributed by atoms with Crippen LogP contribution in [0.2, 0.25) is 0 Å². The van der Waals surface area contributed by atoms with E-state index in [4.69, 9.17) is 9.47 Å². The number of fused-ring (bicyclic) bond motifs is 1. The lowest BCUT2D eigenvalue weighted by atomic mass is 9.70. The Morgan fingerprint density at radius 3 is 2.48 bits per heavy atom. The molecule has 2 N–H and O–H groups in total. The minimum atomic E-state index is -1.23. The summed E-state index contributed by atoms with van der Waals surface area (Å²) in [5.41, 5.74) is -1.19. The standard InChI is InChI=1S/C36H51N3O7/c1-8-10-16-27(41)37-22-26(24-14-12-11-13-15-24)45-33(44)28-25-17-18-36(46-25)29(28)31(42)38(20-21-40)30(36)32(43)39(19-9-2)35(6,7)23-34(3,4)5/h8-9,11-15,25-26,28-30,40H,1-2,10,16-23H2,3-7H3,(H,37,41)/t25-,26-,28+,29+,30-,36+/m0/s1. The van der Waals surface area contributed by atoms with E-state index < -0.39 is 53.1 Å². The van der Waals surface area contributed by atoms with Gasteiger partial charge in [-0.1, -0.05) is 63.3 Å². The number of allylic oxidation sites excluding steroid dienone is 1. The normalized spacial score (nSPS) is 26.0. The Hall–Kier alpha value is -3.50. The first kappa shape index (κ1) is 35.4. The molecule has 3 aliphatic heterocycles. The molecule has 10 nitrogen and oxygen atoms in total. The number of hydrogen-bond donors (Lipinski definition) is 2. The molecule has 0 saturated carbocycles. The molecule has 3 amide bonds. The first-order chi connectivity index (χ1) is 21.7. The lowest BCUT2D eigenvalue weighted by molar-refractivity contribution is -0.160. The molecule has 3 fully saturated rings. The zero-order valence-corrected chi connectivity index (χ0v) is 28.0. The van der Waals surface area contributed by atoms with Crippen molar-refractivity contribution in [2.75, 3.05) is 26.2 Å². The highest BCUT2D eigenvalue weighted by Gasteiger charge is 2.75. The summed E-state index contributed by atoms with van der Waals surface area (Å²) in [7, 11) is 0. The van der Waals surface area contributed by atoms with Gasteiger partial charge in [-0.3, -0.25) is 19.2 Å². The highest BCUT2D eigenvalue weighted by Crippen LogP contribution is 2.59. The van der Waals surface area contributed by atoms with Gasteiger partial charge in [0.05, 0.1) is 31.1 Å². The van der Waals surface area contributed by atoms with Crippen LogP contribution >= 0.6 is 0 Å². The number of esters is 1. The molecule has 2 bridgehead atoms. The second-order valence-electron chi connectivity index (χ2n) is 14.6. The van der Waals surface area contributed by atoms with Crippen molar-refractivity contribution in [3.8, 4) is 0 Å². The number of aliphatic hydroxyl groups excluding tert-OH is 1. The summed E-state index contributed by atoms with van der Waals surface area (Å²) in [6.45, 7) is 17.8. The first-order valence-corrected chi connectivity index (χ1v) is 16.4. The number of nitrogens with one attached hydrogen (secondary N) is 1. The number of likely N-dealkylation sites (tertiary alicyclic amines) is 1. The van der Waals surface area contributed by atoms with Crippen molar-refractivity contribution in [3.63, 3.8) is 0 Å². The Kier molecular flexibility index (Phi) is 10.8. The van der Waals surface area contributed by atoms with Crippen LogP contribution in [0.3, 0.4) is 0 Å². The molecule has 10 heteroatoms. The monoisotopic (exact) mass is 637 g/mol. The lowest BCUT2D eigenvalue weighted by Crippen LogP contribution is -2.61. The van der Waals surface area contributed by atoms with E-state index in [2.05, 4.69) is 39.2 Å². The van der Waals surface area contributed by atoms with Crippen LogP contribution in [0, 0.1) is 17.3 Å². The molecule has 3 heterocycles. The van der Waals surface area contributed by atoms with Crippen molar-refractivity contribution in [1.29, 1.82) is 0 Å². The average molecular weight is 638 g/mol. The second kappa shape index (κ2) is 14.1. The van der Waals surface area contributed by atoms with Gasteiger partial charge < -0.3 is 29.7 Å². The van der Waals surface area contributed by atoms with Crippen LogP contribution in [0.1, 0.15) is 78.4 Å². The van der Waals surface area contributed by atoms with E-state index in [0.29, 0.717) is 31.2 Å². The molecular weight excluding hydrogens is 586 g/mol. The summed E-state index contributed by atoms with van der Waals surface area (Å²) >= 11 is 0. The van der Waals surface area contributed by atoms with Crippen molar-refractivity contribution < 1.29 is 33.8 Å². The van der Waals surface area contributed by atoms with Crippen LogP contribution in [0.4, 0.5) is 0 Å². The number of amides is 3. The topological polar surface area (TPSA) is 125 Å². The summed E-state index contributed by atoms with van der Waals surface area (Å²) in [6.07, 6.45) is 4.36. The first-order valence-electron chi connectivity index (χ1n) is 16.4. The minimum absolute atomic E-state index is 0.0604. The van der Waals surface area contributed by atoms with Gasteiger partial charge in [0.2, 0.25) is 17.7 Å². The molecule has 0 unspecified atom stereocenters. The summed E-state index contributed by atoms with van der Waals surface area (Å²) in [4.78, 5) is 58.5. The van der Waals surface area contributed by atoms with Crippen LogP contribution in [-0.2, 0) is 28.7 Å². The summed E-state index contributed by atoms with van der Waals surface area (Å²) in [5, 5.41) is 12.8. The summed E-state index contributed by atoms with van der Waals surface area (Å²) in [6, 6.07) is 8.13. The second-order valence-corrected chi connectivity index (χ2v) is 14.6. The highest BCUT2D eigenvalue weighted by molar-refractivity contribution is 5.98. The molecule has 1 aromatic rings. The van der Waals surface area contributed by atoms with E-state index in [1.165, 1.54) is 4.90 Å². The molecule has 3 aliphatic rings. The van der Waals surface area contributed by atoms with Crippen LogP contribution < -0.4 is 5.32 Å². The molecule has 3 saturated heterocycles. The molecule has 1 spiro atoms. The number of hydrogen-bond acceptors (Lipinski definition) is 7. The Labute approximate surface area is 273 Å². The predicted molar refractivity (Wildman–Crippen MR) is 174 cm³/mol. The highest BCUT2D eigenvalue weighted by atomic mass is 16.6. The van der Waals surface area contributed by atoms with E-state index in [-0.39, 0.29) is 49.9 Å². The molecule has 0 aromatic heterocycles. The minimum Gasteiger partial charge on any atom is -0.455 e. The number of benzene rings is 1. The van der Waals surface area contributed by atoms with E-state index in [0.717, 1.165) is 0 Å². The van der Waals surface area contributed by atoms with Gasteiger partial charge in [-0.25, -0.2) is 0 Å². The lowest BCUT2D eigenvalue weighted by Gasteiger charge is -2.45. The molecule has 6 atom stereocenters. The Morgan fingerprint density at radius 2 is 1.87 bits per heavy atom. The Bertz CT molecular complexity index is 1310. The largest absolute Gasteiger partial charge is 0.455 e. The number of ether oxygens (including phenoxy) is 2. The van der Waals surface area contributed by atoms with E-state index in [1.807, 2.05) is 44.2 Å². The Balaban J connectivity index is 1.64. The van der Waals surface area contributed by atoms with E-state index >= 15 is 0 Å². The SMILES string of the molecule is C=CCCC(=O)NC[C@H](OC(=O)[C@@H]1[C@@H]2CC[C@]3(O2)[C@H](C(=O)N(CC=C)C(C)(C)CC(C)(C)C)N(CCO)C(=O)[C@@H]13)c1ccccc1. The zero-order chi connectivity index (χ0) is 33.9. The fourth-order valence-corrected chi connectivity index (χ4v) is 8.00. The molecule has 0 aliphatic carbocycles. The van der Waals surface area contributed by atoms with Gasteiger partial charge in [-0.15, -0.1) is 13.2 Å². The molecular formula is C36H51N3O7. The number of carbonyl (C=O) groups excluding carboxylic acids is 4. The van der Waals surface area contributed by atoms with Crippen LogP contribution in [-0.4, -0.2) is 88.1 Å². The average Bonchev–Trinajstić information content (AvgIpc) is 3.63. The van der Waals surface area contributed by atoms with Crippen molar-refractivity contribution >= 4 is 23.7 Å². The maximum Gasteiger partial charge on any atom is 0.313 e. The van der Waals surface area contributed by atoms with Gasteiger partial charge >= 0.3 is 5.97 Å². The number of rotatable bonds is 15. The third kappa shape index (κ3) is 7.08.